The van der Waals surface area contributed by atoms with E-state index in [-0.39, 0.29) is 5.56 Å². The molecule has 126 valence electrons. The molecule has 1 aromatic heterocycles. The summed E-state index contributed by atoms with van der Waals surface area (Å²) >= 11 is 0. The summed E-state index contributed by atoms with van der Waals surface area (Å²) in [7, 11) is 0. The van der Waals surface area contributed by atoms with Crippen LogP contribution in [-0.2, 0) is 5.60 Å². The van der Waals surface area contributed by atoms with E-state index in [0.29, 0.717) is 10.9 Å². The first kappa shape index (κ1) is 16.6. The van der Waals surface area contributed by atoms with Gasteiger partial charge in [0.25, 0.3) is 0 Å². The monoisotopic (exact) mass is 333 g/mol. The molecule has 0 aliphatic carbocycles. The summed E-state index contributed by atoms with van der Waals surface area (Å²) in [5.74, 6) is 0. The minimum atomic E-state index is -4.76. The lowest BCUT2D eigenvalue weighted by Crippen LogP contribution is -2.39. The Balaban J connectivity index is 2.32. The standard InChI is InChI=1S/C19H18F3NO/c1-12-8-13(2)10-14(9-12)23-11-16(18(3,24)19(20,21)22)15-6-4-5-7-17(15)23/h4-11,24H,1-3H3. The molecule has 3 rings (SSSR count). The van der Waals surface area contributed by atoms with Crippen molar-refractivity contribution in [3.8, 4) is 5.69 Å². The molecule has 1 N–H and O–H groups in total. The van der Waals surface area contributed by atoms with E-state index in [2.05, 4.69) is 0 Å². The van der Waals surface area contributed by atoms with E-state index < -0.39 is 11.8 Å². The van der Waals surface area contributed by atoms with E-state index in [0.717, 1.165) is 23.7 Å². The van der Waals surface area contributed by atoms with Crippen LogP contribution in [0, 0.1) is 13.8 Å². The highest BCUT2D eigenvalue weighted by Gasteiger charge is 2.52. The number of fused-ring (bicyclic) bond motifs is 1. The van der Waals surface area contributed by atoms with Crippen molar-refractivity contribution in [1.29, 1.82) is 0 Å². The summed E-state index contributed by atoms with van der Waals surface area (Å²) < 4.78 is 41.7. The third-order valence-electron chi connectivity index (χ3n) is 4.27. The Hall–Kier alpha value is -2.27. The molecule has 0 saturated heterocycles. The number of aryl methyl sites for hydroxylation is 2. The maximum Gasteiger partial charge on any atom is 0.421 e. The molecule has 0 spiro atoms. The Morgan fingerprint density at radius 2 is 1.54 bits per heavy atom. The Bertz CT molecular complexity index is 886. The first-order valence-electron chi connectivity index (χ1n) is 7.59. The van der Waals surface area contributed by atoms with Gasteiger partial charge in [-0.15, -0.1) is 0 Å². The number of benzene rings is 2. The average Bonchev–Trinajstić information content (AvgIpc) is 2.85. The smallest absolute Gasteiger partial charge is 0.376 e. The van der Waals surface area contributed by atoms with Gasteiger partial charge in [0.1, 0.15) is 0 Å². The molecule has 0 saturated carbocycles. The molecule has 0 bridgehead atoms. The third-order valence-corrected chi connectivity index (χ3v) is 4.27. The van der Waals surface area contributed by atoms with Gasteiger partial charge in [-0.25, -0.2) is 0 Å². The maximum absolute atomic E-state index is 13.3. The Morgan fingerprint density at radius 1 is 0.958 bits per heavy atom. The minimum absolute atomic E-state index is 0.148. The number of para-hydroxylation sites is 1. The van der Waals surface area contributed by atoms with Crippen LogP contribution in [0.25, 0.3) is 16.6 Å². The molecular weight excluding hydrogens is 315 g/mol. The molecule has 0 radical (unpaired) electrons. The first-order chi connectivity index (χ1) is 11.1. The predicted molar refractivity (Wildman–Crippen MR) is 88.4 cm³/mol. The van der Waals surface area contributed by atoms with Crippen LogP contribution in [0.5, 0.6) is 0 Å². The molecule has 3 aromatic rings. The van der Waals surface area contributed by atoms with Gasteiger partial charge in [-0.1, -0.05) is 24.3 Å². The summed E-state index contributed by atoms with van der Waals surface area (Å²) in [6.07, 6.45) is -3.38. The fourth-order valence-corrected chi connectivity index (χ4v) is 3.02. The first-order valence-corrected chi connectivity index (χ1v) is 7.59. The zero-order chi connectivity index (χ0) is 17.7. The molecule has 24 heavy (non-hydrogen) atoms. The van der Waals surface area contributed by atoms with Gasteiger partial charge in [0.05, 0.1) is 5.52 Å². The van der Waals surface area contributed by atoms with Crippen molar-refractivity contribution in [2.24, 2.45) is 0 Å². The van der Waals surface area contributed by atoms with Crippen LogP contribution in [0.2, 0.25) is 0 Å². The summed E-state index contributed by atoms with van der Waals surface area (Å²) in [5, 5.41) is 10.5. The van der Waals surface area contributed by atoms with Gasteiger partial charge in [0.15, 0.2) is 5.60 Å². The number of alkyl halides is 3. The van der Waals surface area contributed by atoms with E-state index in [1.165, 1.54) is 6.20 Å². The summed E-state index contributed by atoms with van der Waals surface area (Å²) in [6, 6.07) is 12.6. The topological polar surface area (TPSA) is 25.2 Å². The molecule has 2 aromatic carbocycles. The van der Waals surface area contributed by atoms with Gasteiger partial charge in [-0.3, -0.25) is 0 Å². The van der Waals surface area contributed by atoms with Gasteiger partial charge in [0, 0.05) is 22.8 Å². The van der Waals surface area contributed by atoms with Crippen molar-refractivity contribution in [2.45, 2.75) is 32.5 Å². The van der Waals surface area contributed by atoms with Crippen LogP contribution >= 0.6 is 0 Å². The molecule has 1 heterocycles. The van der Waals surface area contributed by atoms with Crippen molar-refractivity contribution in [3.63, 3.8) is 0 Å². The van der Waals surface area contributed by atoms with Crippen molar-refractivity contribution in [1.82, 2.24) is 4.57 Å². The second kappa shape index (κ2) is 5.38. The highest BCUT2D eigenvalue weighted by molar-refractivity contribution is 5.86. The molecule has 0 fully saturated rings. The number of nitrogens with zero attached hydrogens (tertiary/aromatic N) is 1. The van der Waals surface area contributed by atoms with E-state index in [1.54, 1.807) is 28.8 Å². The van der Waals surface area contributed by atoms with E-state index in [1.807, 2.05) is 32.0 Å². The predicted octanol–water partition coefficient (Wildman–Crippen LogP) is 5.02. The number of halogens is 3. The number of aromatic nitrogens is 1. The van der Waals surface area contributed by atoms with Gasteiger partial charge < -0.3 is 9.67 Å². The molecule has 0 amide bonds. The lowest BCUT2D eigenvalue weighted by molar-refractivity contribution is -0.258. The summed E-state index contributed by atoms with van der Waals surface area (Å²) in [6.45, 7) is 4.67. The van der Waals surface area contributed by atoms with Gasteiger partial charge in [0.2, 0.25) is 0 Å². The average molecular weight is 333 g/mol. The van der Waals surface area contributed by atoms with Crippen molar-refractivity contribution < 1.29 is 18.3 Å². The maximum atomic E-state index is 13.3. The molecule has 0 aliphatic rings. The summed E-state index contributed by atoms with van der Waals surface area (Å²) in [5.41, 5.74) is 0.370. The minimum Gasteiger partial charge on any atom is -0.376 e. The van der Waals surface area contributed by atoms with Crippen LogP contribution in [-0.4, -0.2) is 15.8 Å². The van der Waals surface area contributed by atoms with E-state index in [4.69, 9.17) is 0 Å². The molecule has 5 heteroatoms. The summed E-state index contributed by atoms with van der Waals surface area (Å²) in [4.78, 5) is 0. The number of hydrogen-bond donors (Lipinski definition) is 1. The number of hydrogen-bond acceptors (Lipinski definition) is 1. The third kappa shape index (κ3) is 2.59. The molecule has 0 aliphatic heterocycles. The van der Waals surface area contributed by atoms with Crippen molar-refractivity contribution in [3.05, 3.63) is 65.4 Å². The normalized spacial score (nSPS) is 14.8. The van der Waals surface area contributed by atoms with Crippen LogP contribution < -0.4 is 0 Å². The zero-order valence-corrected chi connectivity index (χ0v) is 13.6. The van der Waals surface area contributed by atoms with E-state index in [9.17, 15) is 18.3 Å². The van der Waals surface area contributed by atoms with Crippen LogP contribution in [0.3, 0.4) is 0 Å². The SMILES string of the molecule is Cc1cc(C)cc(-n2cc(C(C)(O)C(F)(F)F)c3ccccc32)c1. The number of aliphatic hydroxyl groups is 1. The van der Waals surface area contributed by atoms with Crippen molar-refractivity contribution >= 4 is 10.9 Å². The van der Waals surface area contributed by atoms with Gasteiger partial charge in [-0.05, 0) is 50.1 Å². The highest BCUT2D eigenvalue weighted by Crippen LogP contribution is 2.42. The van der Waals surface area contributed by atoms with Crippen LogP contribution in [0.15, 0.2) is 48.7 Å². The second-order valence-corrected chi connectivity index (χ2v) is 6.35. The van der Waals surface area contributed by atoms with Crippen LogP contribution in [0.4, 0.5) is 13.2 Å². The van der Waals surface area contributed by atoms with Crippen molar-refractivity contribution in [2.75, 3.05) is 0 Å². The molecular formula is C19H18F3NO. The second-order valence-electron chi connectivity index (χ2n) is 6.35. The Morgan fingerprint density at radius 3 is 2.12 bits per heavy atom. The highest BCUT2D eigenvalue weighted by atomic mass is 19.4. The Kier molecular flexibility index (Phi) is 3.72. The number of rotatable bonds is 2. The van der Waals surface area contributed by atoms with Gasteiger partial charge in [-0.2, -0.15) is 13.2 Å². The lowest BCUT2D eigenvalue weighted by Gasteiger charge is -2.25. The zero-order valence-electron chi connectivity index (χ0n) is 13.6. The van der Waals surface area contributed by atoms with E-state index >= 15 is 0 Å². The fourth-order valence-electron chi connectivity index (χ4n) is 3.02. The lowest BCUT2D eigenvalue weighted by atomic mass is 9.95. The largest absolute Gasteiger partial charge is 0.421 e. The van der Waals surface area contributed by atoms with Gasteiger partial charge >= 0.3 is 6.18 Å². The quantitative estimate of drug-likeness (QED) is 0.700. The molecule has 2 nitrogen and oxygen atoms in total. The molecule has 1 unspecified atom stereocenters. The fraction of sp³-hybridized carbons (Fsp3) is 0.263. The molecule has 1 atom stereocenters. The Labute approximate surface area is 138 Å². The van der Waals surface area contributed by atoms with Crippen LogP contribution in [0.1, 0.15) is 23.6 Å².